The summed E-state index contributed by atoms with van der Waals surface area (Å²) < 4.78 is 44.2. The molecule has 1 N–H and O–H groups in total. The third kappa shape index (κ3) is 3.16. The van der Waals surface area contributed by atoms with Gasteiger partial charge < -0.3 is 10.1 Å². The molecular formula is C16H22F3N3O. The summed E-state index contributed by atoms with van der Waals surface area (Å²) >= 11 is 0. The molecule has 7 heteroatoms. The SMILES string of the molecule is CCO[C@H]1C[C@H](Nc2nccc(C(F)(F)F)n2)C12CCCCC2. The first-order valence-electron chi connectivity index (χ1n) is 8.24. The Balaban J connectivity index is 1.75. The number of alkyl halides is 3. The van der Waals surface area contributed by atoms with Gasteiger partial charge >= 0.3 is 6.18 Å². The standard InChI is InChI=1S/C16H22F3N3O/c1-2-23-13-10-12(15(13)7-4-3-5-8-15)22-14-20-9-6-11(21-14)16(17,18)19/h6,9,12-13H,2-5,7-8,10H2,1H3,(H,20,21,22)/t12-,13-/m0/s1. The number of ether oxygens (including phenoxy) is 1. The summed E-state index contributed by atoms with van der Waals surface area (Å²) in [5, 5.41) is 3.14. The Kier molecular flexibility index (Phi) is 4.49. The highest BCUT2D eigenvalue weighted by Crippen LogP contribution is 2.54. The van der Waals surface area contributed by atoms with Gasteiger partial charge in [-0.2, -0.15) is 13.2 Å². The molecule has 2 fully saturated rings. The van der Waals surface area contributed by atoms with Crippen molar-refractivity contribution in [3.63, 3.8) is 0 Å². The van der Waals surface area contributed by atoms with Gasteiger partial charge in [-0.15, -0.1) is 0 Å². The third-order valence-electron chi connectivity index (χ3n) is 5.19. The number of hydrogen-bond acceptors (Lipinski definition) is 4. The van der Waals surface area contributed by atoms with E-state index < -0.39 is 11.9 Å². The molecule has 4 nitrogen and oxygen atoms in total. The lowest BCUT2D eigenvalue weighted by molar-refractivity contribution is -0.141. The molecule has 1 heterocycles. The van der Waals surface area contributed by atoms with E-state index in [4.69, 9.17) is 4.74 Å². The summed E-state index contributed by atoms with van der Waals surface area (Å²) in [6.07, 6.45) is 3.30. The number of aromatic nitrogens is 2. The molecular weight excluding hydrogens is 307 g/mol. The van der Waals surface area contributed by atoms with Crippen LogP contribution in [0, 0.1) is 5.41 Å². The number of hydrogen-bond donors (Lipinski definition) is 1. The maximum absolute atomic E-state index is 12.8. The molecule has 0 aromatic carbocycles. The van der Waals surface area contributed by atoms with Gasteiger partial charge in [0, 0.05) is 24.3 Å². The zero-order valence-corrected chi connectivity index (χ0v) is 13.2. The summed E-state index contributed by atoms with van der Waals surface area (Å²) in [5.74, 6) is 0.0599. The van der Waals surface area contributed by atoms with E-state index in [1.807, 2.05) is 6.92 Å². The highest BCUT2D eigenvalue weighted by atomic mass is 19.4. The molecule has 1 spiro atoms. The summed E-state index contributed by atoms with van der Waals surface area (Å²) in [5.41, 5.74) is -0.889. The maximum Gasteiger partial charge on any atom is 0.433 e. The fraction of sp³-hybridized carbons (Fsp3) is 0.750. The van der Waals surface area contributed by atoms with E-state index in [0.717, 1.165) is 44.4 Å². The van der Waals surface area contributed by atoms with Gasteiger partial charge in [-0.3, -0.25) is 0 Å². The second-order valence-electron chi connectivity index (χ2n) is 6.43. The van der Waals surface area contributed by atoms with E-state index in [-0.39, 0.29) is 23.5 Å². The van der Waals surface area contributed by atoms with Crippen LogP contribution >= 0.6 is 0 Å². The minimum absolute atomic E-state index is 0.0197. The van der Waals surface area contributed by atoms with Gasteiger partial charge in [0.2, 0.25) is 5.95 Å². The molecule has 0 saturated heterocycles. The Bertz CT molecular complexity index is 544. The van der Waals surface area contributed by atoms with E-state index in [9.17, 15) is 13.2 Å². The smallest absolute Gasteiger partial charge is 0.378 e. The Labute approximate surface area is 133 Å². The average molecular weight is 329 g/mol. The lowest BCUT2D eigenvalue weighted by Gasteiger charge is -2.57. The molecule has 0 radical (unpaired) electrons. The van der Waals surface area contributed by atoms with Crippen LogP contribution in [0.2, 0.25) is 0 Å². The number of anilines is 1. The zero-order chi connectivity index (χ0) is 16.5. The number of halogens is 3. The topological polar surface area (TPSA) is 47.0 Å². The molecule has 2 saturated carbocycles. The highest BCUT2D eigenvalue weighted by molar-refractivity contribution is 5.32. The van der Waals surface area contributed by atoms with Crippen LogP contribution in [-0.4, -0.2) is 28.7 Å². The predicted molar refractivity (Wildman–Crippen MR) is 80.0 cm³/mol. The summed E-state index contributed by atoms with van der Waals surface area (Å²) in [6.45, 7) is 2.65. The molecule has 3 rings (SSSR count). The molecule has 2 atom stereocenters. The van der Waals surface area contributed by atoms with Crippen molar-refractivity contribution in [3.05, 3.63) is 18.0 Å². The van der Waals surface area contributed by atoms with Crippen LogP contribution in [0.1, 0.15) is 51.1 Å². The molecule has 2 aliphatic rings. The van der Waals surface area contributed by atoms with Crippen LogP contribution in [0.3, 0.4) is 0 Å². The summed E-state index contributed by atoms with van der Waals surface area (Å²) in [7, 11) is 0. The zero-order valence-electron chi connectivity index (χ0n) is 13.2. The van der Waals surface area contributed by atoms with Crippen molar-refractivity contribution in [2.24, 2.45) is 5.41 Å². The van der Waals surface area contributed by atoms with Crippen molar-refractivity contribution in [3.8, 4) is 0 Å². The molecule has 2 aliphatic carbocycles. The minimum Gasteiger partial charge on any atom is -0.378 e. The van der Waals surface area contributed by atoms with E-state index in [0.29, 0.717) is 6.61 Å². The largest absolute Gasteiger partial charge is 0.433 e. The Hall–Kier alpha value is -1.37. The quantitative estimate of drug-likeness (QED) is 0.906. The molecule has 128 valence electrons. The van der Waals surface area contributed by atoms with Gasteiger partial charge in [-0.25, -0.2) is 9.97 Å². The summed E-state index contributed by atoms with van der Waals surface area (Å²) in [6, 6.07) is 0.980. The van der Waals surface area contributed by atoms with E-state index in [1.54, 1.807) is 0 Å². The first kappa shape index (κ1) is 16.5. The first-order valence-corrected chi connectivity index (χ1v) is 8.24. The minimum atomic E-state index is -4.45. The Morgan fingerprint density at radius 2 is 2.04 bits per heavy atom. The van der Waals surface area contributed by atoms with Gasteiger partial charge in [0.15, 0.2) is 0 Å². The van der Waals surface area contributed by atoms with Crippen LogP contribution in [0.5, 0.6) is 0 Å². The maximum atomic E-state index is 12.8. The van der Waals surface area contributed by atoms with E-state index >= 15 is 0 Å². The fourth-order valence-electron chi connectivity index (χ4n) is 4.01. The highest BCUT2D eigenvalue weighted by Gasteiger charge is 2.55. The van der Waals surface area contributed by atoms with Crippen LogP contribution in [0.4, 0.5) is 19.1 Å². The van der Waals surface area contributed by atoms with Gasteiger partial charge in [-0.05, 0) is 32.3 Å². The molecule has 0 unspecified atom stereocenters. The number of rotatable bonds is 4. The van der Waals surface area contributed by atoms with Crippen LogP contribution in [0.25, 0.3) is 0 Å². The molecule has 0 bridgehead atoms. The van der Waals surface area contributed by atoms with Crippen LogP contribution in [-0.2, 0) is 10.9 Å². The Morgan fingerprint density at radius 1 is 1.30 bits per heavy atom. The Morgan fingerprint density at radius 3 is 2.70 bits per heavy atom. The van der Waals surface area contributed by atoms with Gasteiger partial charge in [0.05, 0.1) is 6.10 Å². The van der Waals surface area contributed by atoms with Crippen LogP contribution < -0.4 is 5.32 Å². The van der Waals surface area contributed by atoms with Crippen molar-refractivity contribution in [2.45, 2.75) is 63.8 Å². The number of nitrogens with one attached hydrogen (secondary N) is 1. The second kappa shape index (κ2) is 6.26. The molecule has 0 aliphatic heterocycles. The van der Waals surface area contributed by atoms with Gasteiger partial charge in [0.1, 0.15) is 5.69 Å². The monoisotopic (exact) mass is 329 g/mol. The second-order valence-corrected chi connectivity index (χ2v) is 6.43. The fourth-order valence-corrected chi connectivity index (χ4v) is 4.01. The lowest BCUT2D eigenvalue weighted by atomic mass is 9.55. The molecule has 0 amide bonds. The number of nitrogens with zero attached hydrogens (tertiary/aromatic N) is 2. The van der Waals surface area contributed by atoms with Crippen molar-refractivity contribution >= 4 is 5.95 Å². The average Bonchev–Trinajstić information content (AvgIpc) is 2.54. The van der Waals surface area contributed by atoms with Crippen molar-refractivity contribution in [1.29, 1.82) is 0 Å². The molecule has 1 aromatic heterocycles. The van der Waals surface area contributed by atoms with E-state index in [2.05, 4.69) is 15.3 Å². The van der Waals surface area contributed by atoms with Gasteiger partial charge in [0.25, 0.3) is 0 Å². The molecule has 1 aromatic rings. The van der Waals surface area contributed by atoms with Crippen molar-refractivity contribution < 1.29 is 17.9 Å². The third-order valence-corrected chi connectivity index (χ3v) is 5.19. The van der Waals surface area contributed by atoms with Crippen molar-refractivity contribution in [2.75, 3.05) is 11.9 Å². The predicted octanol–water partition coefficient (Wildman–Crippen LogP) is 4.04. The van der Waals surface area contributed by atoms with Crippen LogP contribution in [0.15, 0.2) is 12.3 Å². The normalized spacial score (nSPS) is 26.8. The first-order chi connectivity index (χ1) is 11.0. The lowest BCUT2D eigenvalue weighted by Crippen LogP contribution is -2.62. The van der Waals surface area contributed by atoms with Gasteiger partial charge in [-0.1, -0.05) is 19.3 Å². The van der Waals surface area contributed by atoms with Crippen molar-refractivity contribution in [1.82, 2.24) is 9.97 Å². The summed E-state index contributed by atoms with van der Waals surface area (Å²) in [4.78, 5) is 7.59. The molecule has 23 heavy (non-hydrogen) atoms. The van der Waals surface area contributed by atoms with E-state index in [1.165, 1.54) is 6.42 Å².